The maximum absolute atomic E-state index is 13.3. The van der Waals surface area contributed by atoms with Gasteiger partial charge in [0.15, 0.2) is 0 Å². The molecule has 0 aromatic heterocycles. The fourth-order valence-electron chi connectivity index (χ4n) is 3.44. The number of dihydropyridines is 1. The Bertz CT molecular complexity index is 930. The molecule has 1 atom stereocenters. The first-order valence-electron chi connectivity index (χ1n) is 10.5. The monoisotopic (exact) mass is 500 g/mol. The van der Waals surface area contributed by atoms with E-state index >= 15 is 0 Å². The van der Waals surface area contributed by atoms with Crippen molar-refractivity contribution in [2.24, 2.45) is 5.73 Å². The van der Waals surface area contributed by atoms with Gasteiger partial charge in [0.25, 0.3) is 0 Å². The Balaban J connectivity index is 2.56. The van der Waals surface area contributed by atoms with E-state index < -0.39 is 17.9 Å². The van der Waals surface area contributed by atoms with Gasteiger partial charge in [0.05, 0.1) is 72.4 Å². The molecule has 0 spiro atoms. The highest BCUT2D eigenvalue weighted by Gasteiger charge is 2.40. The second-order valence-corrected chi connectivity index (χ2v) is 8.32. The molecule has 1 aliphatic heterocycles. The molecule has 0 unspecified atom stereocenters. The van der Waals surface area contributed by atoms with Crippen molar-refractivity contribution in [1.29, 1.82) is 0 Å². The van der Waals surface area contributed by atoms with E-state index in [9.17, 15) is 9.59 Å². The summed E-state index contributed by atoms with van der Waals surface area (Å²) in [5.41, 5.74) is 7.26. The van der Waals surface area contributed by atoms with E-state index in [2.05, 4.69) is 5.32 Å². The SMILES string of the molecule is COC(=O)C1=C(C)NC(COCCOCCN)=C(C(=O)OC(C)C)[C@@H]1c1cccc(Cl)c1Cl. The Morgan fingerprint density at radius 3 is 2.42 bits per heavy atom. The number of benzene rings is 1. The first-order valence-corrected chi connectivity index (χ1v) is 11.3. The van der Waals surface area contributed by atoms with Crippen molar-refractivity contribution in [2.75, 3.05) is 40.1 Å². The molecule has 3 N–H and O–H groups in total. The summed E-state index contributed by atoms with van der Waals surface area (Å²) in [6.07, 6.45) is -0.388. The Morgan fingerprint density at radius 2 is 1.79 bits per heavy atom. The van der Waals surface area contributed by atoms with Crippen molar-refractivity contribution < 1.29 is 28.5 Å². The lowest BCUT2D eigenvalue weighted by molar-refractivity contribution is -0.143. The lowest BCUT2D eigenvalue weighted by Gasteiger charge is -2.32. The van der Waals surface area contributed by atoms with Crippen LogP contribution in [0.3, 0.4) is 0 Å². The van der Waals surface area contributed by atoms with Crippen LogP contribution in [0.25, 0.3) is 0 Å². The van der Waals surface area contributed by atoms with Gasteiger partial charge < -0.3 is 30.0 Å². The quantitative estimate of drug-likeness (QED) is 0.351. The molecule has 1 aromatic carbocycles. The second-order valence-electron chi connectivity index (χ2n) is 7.53. The summed E-state index contributed by atoms with van der Waals surface area (Å²) in [5, 5.41) is 3.64. The van der Waals surface area contributed by atoms with E-state index in [4.69, 9.17) is 47.9 Å². The molecule has 33 heavy (non-hydrogen) atoms. The number of nitrogens with two attached hydrogens (primary N) is 1. The van der Waals surface area contributed by atoms with E-state index in [1.54, 1.807) is 39.0 Å². The number of carbonyl (C=O) groups is 2. The smallest absolute Gasteiger partial charge is 0.337 e. The maximum atomic E-state index is 13.3. The highest BCUT2D eigenvalue weighted by molar-refractivity contribution is 6.42. The van der Waals surface area contributed by atoms with Crippen LogP contribution in [0.1, 0.15) is 32.3 Å². The molecular weight excluding hydrogens is 471 g/mol. The van der Waals surface area contributed by atoms with Crippen LogP contribution in [0.5, 0.6) is 0 Å². The van der Waals surface area contributed by atoms with Crippen LogP contribution in [0.15, 0.2) is 40.7 Å². The van der Waals surface area contributed by atoms with Gasteiger partial charge in [0.2, 0.25) is 0 Å². The molecular formula is C23H30Cl2N2O6. The molecule has 0 saturated heterocycles. The number of esters is 2. The zero-order valence-corrected chi connectivity index (χ0v) is 20.7. The molecule has 1 heterocycles. The van der Waals surface area contributed by atoms with Crippen LogP contribution in [0.2, 0.25) is 10.0 Å². The number of hydrogen-bond acceptors (Lipinski definition) is 8. The van der Waals surface area contributed by atoms with E-state index in [0.29, 0.717) is 41.7 Å². The van der Waals surface area contributed by atoms with Gasteiger partial charge in [-0.3, -0.25) is 0 Å². The lowest BCUT2D eigenvalue weighted by atomic mass is 9.80. The Morgan fingerprint density at radius 1 is 1.09 bits per heavy atom. The topological polar surface area (TPSA) is 109 Å². The minimum Gasteiger partial charge on any atom is -0.466 e. The second kappa shape index (κ2) is 13.0. The molecule has 10 heteroatoms. The molecule has 2 rings (SSSR count). The van der Waals surface area contributed by atoms with E-state index in [-0.39, 0.29) is 35.5 Å². The van der Waals surface area contributed by atoms with Crippen LogP contribution in [-0.2, 0) is 28.5 Å². The van der Waals surface area contributed by atoms with Gasteiger partial charge in [0.1, 0.15) is 0 Å². The zero-order chi connectivity index (χ0) is 24.5. The molecule has 8 nitrogen and oxygen atoms in total. The largest absolute Gasteiger partial charge is 0.466 e. The van der Waals surface area contributed by atoms with Gasteiger partial charge in [0, 0.05) is 12.2 Å². The predicted molar refractivity (Wildman–Crippen MR) is 126 cm³/mol. The molecule has 182 valence electrons. The van der Waals surface area contributed by atoms with Crippen LogP contribution < -0.4 is 11.1 Å². The number of ether oxygens (including phenoxy) is 4. The van der Waals surface area contributed by atoms with Gasteiger partial charge in [-0.05, 0) is 32.4 Å². The summed E-state index contributed by atoms with van der Waals surface area (Å²) < 4.78 is 21.6. The number of halogens is 2. The molecule has 0 radical (unpaired) electrons. The van der Waals surface area contributed by atoms with E-state index in [1.807, 2.05) is 0 Å². The summed E-state index contributed by atoms with van der Waals surface area (Å²) in [6, 6.07) is 5.04. The third-order valence-corrected chi connectivity index (χ3v) is 5.62. The van der Waals surface area contributed by atoms with Gasteiger partial charge in [-0.2, -0.15) is 0 Å². The minimum absolute atomic E-state index is 0.0506. The average Bonchev–Trinajstić information content (AvgIpc) is 2.76. The number of carbonyl (C=O) groups excluding carboxylic acids is 2. The summed E-state index contributed by atoms with van der Waals surface area (Å²) in [7, 11) is 1.27. The zero-order valence-electron chi connectivity index (χ0n) is 19.2. The average molecular weight is 501 g/mol. The van der Waals surface area contributed by atoms with E-state index in [1.165, 1.54) is 7.11 Å². The van der Waals surface area contributed by atoms with Gasteiger partial charge >= 0.3 is 11.9 Å². The normalized spacial score (nSPS) is 16.2. The molecule has 1 aromatic rings. The molecule has 0 fully saturated rings. The lowest BCUT2D eigenvalue weighted by Crippen LogP contribution is -2.35. The fraction of sp³-hybridized carbons (Fsp3) is 0.478. The maximum Gasteiger partial charge on any atom is 0.337 e. The Hall–Kier alpha value is -2.10. The third-order valence-electron chi connectivity index (χ3n) is 4.79. The number of rotatable bonds is 11. The summed E-state index contributed by atoms with van der Waals surface area (Å²) in [6.45, 7) is 6.72. The van der Waals surface area contributed by atoms with Crippen molar-refractivity contribution in [1.82, 2.24) is 5.32 Å². The number of hydrogen-bond donors (Lipinski definition) is 2. The van der Waals surface area contributed by atoms with Crippen LogP contribution >= 0.6 is 23.2 Å². The molecule has 0 bridgehead atoms. The number of methoxy groups -OCH3 is 1. The standard InChI is InChI=1S/C23H30Cl2N2O6/c1-13(2)33-23(29)20-17(12-32-11-10-31-9-8-26)27-14(3)18(22(28)30-4)19(20)15-6-5-7-16(24)21(15)25/h5-7,13,19,27H,8-12,26H2,1-4H3/t19-/m1/s1. The van der Waals surface area contributed by atoms with Crippen LogP contribution in [0.4, 0.5) is 0 Å². The van der Waals surface area contributed by atoms with Gasteiger partial charge in [-0.25, -0.2) is 9.59 Å². The first kappa shape index (κ1) is 27.1. The molecule has 1 aliphatic rings. The van der Waals surface area contributed by atoms with Crippen molar-refractivity contribution in [2.45, 2.75) is 32.8 Å². The summed E-state index contributed by atoms with van der Waals surface area (Å²) in [5.74, 6) is -2.08. The highest BCUT2D eigenvalue weighted by Crippen LogP contribution is 2.43. The van der Waals surface area contributed by atoms with Crippen molar-refractivity contribution >= 4 is 35.1 Å². The number of allylic oxidation sites excluding steroid dienone is 1. The van der Waals surface area contributed by atoms with Gasteiger partial charge in [-0.1, -0.05) is 35.3 Å². The van der Waals surface area contributed by atoms with E-state index in [0.717, 1.165) is 0 Å². The van der Waals surface area contributed by atoms with Gasteiger partial charge in [-0.15, -0.1) is 0 Å². The number of nitrogens with one attached hydrogen (secondary N) is 1. The Kier molecular flexibility index (Phi) is 10.7. The fourth-order valence-corrected chi connectivity index (χ4v) is 3.86. The van der Waals surface area contributed by atoms with Crippen molar-refractivity contribution in [3.63, 3.8) is 0 Å². The van der Waals surface area contributed by atoms with Crippen molar-refractivity contribution in [3.8, 4) is 0 Å². The third kappa shape index (κ3) is 6.94. The molecule has 0 saturated carbocycles. The van der Waals surface area contributed by atoms with Crippen LogP contribution in [-0.4, -0.2) is 58.1 Å². The predicted octanol–water partition coefficient (Wildman–Crippen LogP) is 3.32. The summed E-state index contributed by atoms with van der Waals surface area (Å²) in [4.78, 5) is 26.1. The molecule has 0 amide bonds. The minimum atomic E-state index is -0.872. The highest BCUT2D eigenvalue weighted by atomic mass is 35.5. The summed E-state index contributed by atoms with van der Waals surface area (Å²) >= 11 is 12.8. The molecule has 0 aliphatic carbocycles. The van der Waals surface area contributed by atoms with Crippen LogP contribution in [0, 0.1) is 0 Å². The van der Waals surface area contributed by atoms with Crippen molar-refractivity contribution in [3.05, 3.63) is 56.3 Å². The Labute approximate surface area is 204 Å². The first-order chi connectivity index (χ1) is 15.7.